The van der Waals surface area contributed by atoms with Crippen LogP contribution in [-0.4, -0.2) is 29.9 Å². The first-order valence-corrected chi connectivity index (χ1v) is 17.3. The van der Waals surface area contributed by atoms with Crippen LogP contribution in [0.2, 0.25) is 0 Å². The molecule has 7 heterocycles. The van der Waals surface area contributed by atoms with Crippen LogP contribution in [-0.2, 0) is 13.1 Å². The lowest BCUT2D eigenvalue weighted by Crippen LogP contribution is -1.99. The monoisotopic (exact) mass is 674 g/mol. The number of aromatic nitrogens is 6. The van der Waals surface area contributed by atoms with Crippen LogP contribution in [0.4, 0.5) is 11.4 Å². The zero-order valence-electron chi connectivity index (χ0n) is 28.2. The van der Waals surface area contributed by atoms with Gasteiger partial charge in [-0.1, -0.05) is 24.3 Å². The first-order chi connectivity index (χ1) is 25.7. The second kappa shape index (κ2) is 13.7. The van der Waals surface area contributed by atoms with E-state index < -0.39 is 0 Å². The topological polar surface area (TPSA) is 107 Å². The molecule has 4 N–H and O–H groups in total. The second-order valence-electron chi connectivity index (χ2n) is 12.8. The molecular weight excluding hydrogens is 641 g/mol. The summed E-state index contributed by atoms with van der Waals surface area (Å²) >= 11 is 0. The molecule has 2 aromatic carbocycles. The number of benzene rings is 2. The highest BCUT2D eigenvalue weighted by atomic mass is 14.9. The normalized spacial score (nSPS) is 11.8. The molecule has 7 aromatic rings. The molecule has 0 saturated carbocycles. The summed E-state index contributed by atoms with van der Waals surface area (Å²) in [5.74, 6) is 0. The Morgan fingerprint density at radius 2 is 0.865 bits per heavy atom. The van der Waals surface area contributed by atoms with Crippen molar-refractivity contribution >= 4 is 57.7 Å². The van der Waals surface area contributed by atoms with Gasteiger partial charge in [-0.2, -0.15) is 0 Å². The van der Waals surface area contributed by atoms with Gasteiger partial charge in [0.1, 0.15) is 0 Å². The van der Waals surface area contributed by atoms with Crippen LogP contribution < -0.4 is 10.6 Å². The molecule has 2 aliphatic heterocycles. The van der Waals surface area contributed by atoms with Crippen molar-refractivity contribution in [2.24, 2.45) is 0 Å². The van der Waals surface area contributed by atoms with Crippen molar-refractivity contribution in [3.63, 3.8) is 0 Å². The first kappa shape index (κ1) is 31.0. The van der Waals surface area contributed by atoms with Crippen molar-refractivity contribution in [1.29, 1.82) is 0 Å². The van der Waals surface area contributed by atoms with Crippen molar-refractivity contribution < 1.29 is 0 Å². The molecule has 0 fully saturated rings. The van der Waals surface area contributed by atoms with Crippen molar-refractivity contribution in [3.8, 4) is 22.3 Å². The SMILES string of the molecule is C1=Cc2nc1cc1ccc([nH]1)c(-c1ccc(NCc3ccncc3)cc1)c1nc(cc3ccc([nH]3)c2-c2ccc(NCc3ccncc3)cc2)C=C1. The molecule has 8 nitrogen and oxygen atoms in total. The van der Waals surface area contributed by atoms with Crippen LogP contribution >= 0.6 is 0 Å². The van der Waals surface area contributed by atoms with Gasteiger partial charge < -0.3 is 20.6 Å². The maximum atomic E-state index is 5.11. The lowest BCUT2D eigenvalue weighted by atomic mass is 10.0. The van der Waals surface area contributed by atoms with Gasteiger partial charge in [-0.15, -0.1) is 0 Å². The van der Waals surface area contributed by atoms with Crippen molar-refractivity contribution in [2.45, 2.75) is 13.1 Å². The largest absolute Gasteiger partial charge is 0.381 e. The number of aromatic amines is 2. The van der Waals surface area contributed by atoms with Gasteiger partial charge in [0.05, 0.1) is 22.8 Å². The summed E-state index contributed by atoms with van der Waals surface area (Å²) in [5.41, 5.74) is 16.1. The molecule has 0 saturated heterocycles. The van der Waals surface area contributed by atoms with Crippen LogP contribution in [0, 0.1) is 0 Å². The summed E-state index contributed by atoms with van der Waals surface area (Å²) < 4.78 is 0. The number of pyridine rings is 2. The fourth-order valence-electron chi connectivity index (χ4n) is 6.60. The predicted octanol–water partition coefficient (Wildman–Crippen LogP) is 10.0. The van der Waals surface area contributed by atoms with Gasteiger partial charge in [0, 0.05) is 82.4 Å². The van der Waals surface area contributed by atoms with Gasteiger partial charge in [-0.3, -0.25) is 9.97 Å². The van der Waals surface area contributed by atoms with Crippen molar-refractivity contribution in [3.05, 3.63) is 168 Å². The molecule has 2 aliphatic rings. The predicted molar refractivity (Wildman–Crippen MR) is 213 cm³/mol. The third kappa shape index (κ3) is 6.60. The van der Waals surface area contributed by atoms with E-state index in [9.17, 15) is 0 Å². The highest BCUT2D eigenvalue weighted by molar-refractivity contribution is 5.93. The number of hydrogen-bond donors (Lipinski definition) is 4. The van der Waals surface area contributed by atoms with Gasteiger partial charge in [-0.05, 0) is 131 Å². The van der Waals surface area contributed by atoms with Gasteiger partial charge in [-0.25, -0.2) is 9.97 Å². The first-order valence-electron chi connectivity index (χ1n) is 17.3. The molecule has 8 heteroatoms. The van der Waals surface area contributed by atoms with E-state index >= 15 is 0 Å². The highest BCUT2D eigenvalue weighted by Gasteiger charge is 2.14. The number of rotatable bonds is 8. The second-order valence-corrected chi connectivity index (χ2v) is 12.8. The molecule has 8 bridgehead atoms. The minimum absolute atomic E-state index is 0.729. The number of hydrogen-bond acceptors (Lipinski definition) is 6. The third-order valence-corrected chi connectivity index (χ3v) is 9.24. The Balaban J connectivity index is 1.11. The average molecular weight is 675 g/mol. The van der Waals surface area contributed by atoms with Gasteiger partial charge in [0.2, 0.25) is 0 Å². The lowest BCUT2D eigenvalue weighted by Gasteiger charge is -2.09. The molecule has 0 radical (unpaired) electrons. The smallest absolute Gasteiger partial charge is 0.0736 e. The molecule has 0 aliphatic carbocycles. The molecule has 5 aromatic heterocycles. The Labute approximate surface area is 300 Å². The van der Waals surface area contributed by atoms with Gasteiger partial charge >= 0.3 is 0 Å². The Morgan fingerprint density at radius 1 is 0.442 bits per heavy atom. The molecule has 0 atom stereocenters. The van der Waals surface area contributed by atoms with Gasteiger partial charge in [0.15, 0.2) is 0 Å². The Hall–Kier alpha value is -7.06. The van der Waals surface area contributed by atoms with Crippen LogP contribution in [0.3, 0.4) is 0 Å². The summed E-state index contributed by atoms with van der Waals surface area (Å²) in [7, 11) is 0. The van der Waals surface area contributed by atoms with E-state index in [4.69, 9.17) is 9.97 Å². The summed E-state index contributed by atoms with van der Waals surface area (Å²) in [4.78, 5) is 25.7. The number of nitrogens with one attached hydrogen (secondary N) is 4. The van der Waals surface area contributed by atoms with Crippen LogP contribution in [0.15, 0.2) is 134 Å². The fourth-order valence-corrected chi connectivity index (χ4v) is 6.60. The Kier molecular flexibility index (Phi) is 8.15. The maximum absolute atomic E-state index is 5.11. The van der Waals surface area contributed by atoms with E-state index in [0.29, 0.717) is 0 Å². The zero-order valence-corrected chi connectivity index (χ0v) is 28.2. The van der Waals surface area contributed by atoms with E-state index in [-0.39, 0.29) is 0 Å². The molecule has 0 amide bonds. The van der Waals surface area contributed by atoms with Crippen LogP contribution in [0.5, 0.6) is 0 Å². The summed E-state index contributed by atoms with van der Waals surface area (Å²) in [5, 5.41) is 7.03. The summed E-state index contributed by atoms with van der Waals surface area (Å²) in [6.45, 7) is 1.46. The molecule has 250 valence electrons. The maximum Gasteiger partial charge on any atom is 0.0736 e. The molecular formula is C44H34N8. The molecule has 9 rings (SSSR count). The number of nitrogens with zero attached hydrogens (tertiary/aromatic N) is 4. The van der Waals surface area contributed by atoms with E-state index in [0.717, 1.165) is 91.6 Å². The van der Waals surface area contributed by atoms with Gasteiger partial charge in [0.25, 0.3) is 0 Å². The Bertz CT molecular complexity index is 2420. The fraction of sp³-hybridized carbons (Fsp3) is 0.0455. The van der Waals surface area contributed by atoms with E-state index in [1.807, 2.05) is 49.1 Å². The standard InChI is InChI=1S/C44H34N8/c1-5-33(47-27-29-17-21-45-22-18-29)6-2-31(1)43-39-13-9-35(49-39)25-37-11-15-41(51-37)44(42-16-12-38(52-42)26-36-10-14-40(43)50-36)32-3-7-34(8-4-32)48-28-30-19-23-46-24-20-30/h1-26,47-49,52H,27-28H2. The van der Waals surface area contributed by atoms with E-state index in [2.05, 4.69) is 140 Å². The van der Waals surface area contributed by atoms with Crippen LogP contribution in [0.1, 0.15) is 33.9 Å². The minimum Gasteiger partial charge on any atom is -0.381 e. The Morgan fingerprint density at radius 3 is 1.29 bits per heavy atom. The lowest BCUT2D eigenvalue weighted by molar-refractivity contribution is 1.13. The molecule has 0 spiro atoms. The number of H-pyrrole nitrogens is 2. The third-order valence-electron chi connectivity index (χ3n) is 9.24. The summed E-state index contributed by atoms with van der Waals surface area (Å²) in [6.07, 6.45) is 15.6. The van der Waals surface area contributed by atoms with Crippen molar-refractivity contribution in [1.82, 2.24) is 29.9 Å². The summed E-state index contributed by atoms with van der Waals surface area (Å²) in [6, 6.07) is 37.7. The number of anilines is 2. The average Bonchev–Trinajstić information content (AvgIpc) is 4.03. The highest BCUT2D eigenvalue weighted by Crippen LogP contribution is 2.33. The van der Waals surface area contributed by atoms with E-state index in [1.165, 1.54) is 11.1 Å². The minimum atomic E-state index is 0.729. The van der Waals surface area contributed by atoms with E-state index in [1.54, 1.807) is 0 Å². The molecule has 0 unspecified atom stereocenters. The van der Waals surface area contributed by atoms with Crippen molar-refractivity contribution in [2.75, 3.05) is 10.6 Å². The quantitative estimate of drug-likeness (QED) is 0.128. The number of fused-ring (bicyclic) bond motifs is 8. The van der Waals surface area contributed by atoms with Crippen LogP contribution in [0.25, 0.3) is 68.6 Å². The zero-order chi connectivity index (χ0) is 34.7. The molecule has 52 heavy (non-hydrogen) atoms.